The molecule has 1 aromatic heterocycles. The van der Waals surface area contributed by atoms with Crippen LogP contribution in [-0.2, 0) is 4.79 Å². The lowest BCUT2D eigenvalue weighted by Gasteiger charge is -2.34. The number of benzene rings is 3. The molecule has 0 saturated heterocycles. The Morgan fingerprint density at radius 2 is 1.80 bits per heavy atom. The summed E-state index contributed by atoms with van der Waals surface area (Å²) in [7, 11) is 0. The number of hydrogen-bond donors (Lipinski definition) is 3. The van der Waals surface area contributed by atoms with Gasteiger partial charge in [-0.3, -0.25) is 9.89 Å². The fraction of sp³-hybridized carbons (Fsp3) is 0.125. The van der Waals surface area contributed by atoms with Crippen molar-refractivity contribution in [1.82, 2.24) is 10.2 Å². The van der Waals surface area contributed by atoms with E-state index >= 15 is 0 Å². The third-order valence-corrected chi connectivity index (χ3v) is 5.75. The van der Waals surface area contributed by atoms with Gasteiger partial charge in [-0.25, -0.2) is 0 Å². The van der Waals surface area contributed by atoms with Crippen molar-refractivity contribution in [2.45, 2.75) is 12.8 Å². The fourth-order valence-corrected chi connectivity index (χ4v) is 4.32. The molecule has 0 radical (unpaired) electrons. The first-order chi connectivity index (χ1) is 14.7. The number of H-pyrrole nitrogens is 1. The Labute approximate surface area is 173 Å². The van der Waals surface area contributed by atoms with Crippen LogP contribution < -0.4 is 5.32 Å². The van der Waals surface area contributed by atoms with Crippen molar-refractivity contribution in [3.63, 3.8) is 0 Å². The number of oxime groups is 1. The summed E-state index contributed by atoms with van der Waals surface area (Å²) in [5.74, 6) is -1.25. The van der Waals surface area contributed by atoms with E-state index in [4.69, 9.17) is 0 Å². The zero-order valence-corrected chi connectivity index (χ0v) is 16.3. The van der Waals surface area contributed by atoms with Crippen LogP contribution in [-0.4, -0.2) is 27.0 Å². The summed E-state index contributed by atoms with van der Waals surface area (Å²) in [5.41, 5.74) is 5.70. The molecule has 0 unspecified atom stereocenters. The van der Waals surface area contributed by atoms with Gasteiger partial charge in [0.25, 0.3) is 0 Å². The number of fused-ring (bicyclic) bond motifs is 3. The smallest absolute Gasteiger partial charge is 0.234 e. The van der Waals surface area contributed by atoms with Crippen LogP contribution in [0.4, 0.5) is 5.69 Å². The van der Waals surface area contributed by atoms with Gasteiger partial charge in [0, 0.05) is 28.1 Å². The Morgan fingerprint density at radius 1 is 1.03 bits per heavy atom. The van der Waals surface area contributed by atoms with E-state index in [0.29, 0.717) is 11.3 Å². The maximum Gasteiger partial charge on any atom is 0.234 e. The molecule has 0 spiro atoms. The number of carbonyl (C=O) groups is 1. The molecule has 5 rings (SSSR count). The Kier molecular flexibility index (Phi) is 4.32. The molecule has 0 aliphatic carbocycles. The summed E-state index contributed by atoms with van der Waals surface area (Å²) in [5, 5.41) is 24.8. The molecule has 2 atom stereocenters. The molecule has 1 aliphatic heterocycles. The number of amides is 1. The first-order valence-electron chi connectivity index (χ1n) is 9.78. The van der Waals surface area contributed by atoms with Gasteiger partial charge in [0.15, 0.2) is 0 Å². The number of nitrogens with one attached hydrogen (secondary N) is 2. The number of aromatic amines is 1. The highest BCUT2D eigenvalue weighted by atomic mass is 16.4. The second kappa shape index (κ2) is 7.15. The molecule has 2 heterocycles. The summed E-state index contributed by atoms with van der Waals surface area (Å²) >= 11 is 0. The number of rotatable bonds is 3. The van der Waals surface area contributed by atoms with Crippen molar-refractivity contribution < 1.29 is 10.0 Å². The van der Waals surface area contributed by atoms with Gasteiger partial charge in [0.05, 0.1) is 17.6 Å². The first kappa shape index (κ1) is 18.1. The van der Waals surface area contributed by atoms with E-state index in [2.05, 4.69) is 20.7 Å². The average molecular weight is 396 g/mol. The largest absolute Gasteiger partial charge is 0.411 e. The van der Waals surface area contributed by atoms with Crippen LogP contribution in [0.2, 0.25) is 0 Å². The Balaban J connectivity index is 1.78. The van der Waals surface area contributed by atoms with Gasteiger partial charge in [-0.1, -0.05) is 65.3 Å². The lowest BCUT2D eigenvalue weighted by atomic mass is 9.73. The van der Waals surface area contributed by atoms with Crippen LogP contribution in [0.1, 0.15) is 28.2 Å². The molecule has 0 bridgehead atoms. The molecule has 4 aromatic rings. The molecule has 30 heavy (non-hydrogen) atoms. The molecular weight excluding hydrogens is 376 g/mol. The molecule has 6 nitrogen and oxygen atoms in total. The second-order valence-electron chi connectivity index (χ2n) is 7.57. The number of hydrogen-bond acceptors (Lipinski definition) is 4. The summed E-state index contributed by atoms with van der Waals surface area (Å²) in [6.07, 6.45) is 1.77. The van der Waals surface area contributed by atoms with Crippen molar-refractivity contribution in [2.75, 3.05) is 5.32 Å². The van der Waals surface area contributed by atoms with Crippen LogP contribution in [0.25, 0.3) is 10.9 Å². The number of carbonyl (C=O) groups excluding carboxylic acids is 1. The van der Waals surface area contributed by atoms with E-state index in [0.717, 1.165) is 33.3 Å². The highest BCUT2D eigenvalue weighted by molar-refractivity contribution is 6.19. The number of nitrogens with zero attached hydrogens (tertiary/aromatic N) is 2. The van der Waals surface area contributed by atoms with E-state index in [1.54, 1.807) is 6.20 Å². The summed E-state index contributed by atoms with van der Waals surface area (Å²) in [6, 6.07) is 21.3. The van der Waals surface area contributed by atoms with Gasteiger partial charge in [-0.15, -0.1) is 0 Å². The minimum atomic E-state index is -0.707. The Morgan fingerprint density at radius 3 is 2.53 bits per heavy atom. The SMILES string of the molecule is Cc1ccc([C@H]2c3c(ccc4cn[nH]c34)NC(=O)[C@@H]2/C(=N\O)c2ccccc2)cc1. The predicted octanol–water partition coefficient (Wildman–Crippen LogP) is 4.45. The third-order valence-electron chi connectivity index (χ3n) is 5.75. The van der Waals surface area contributed by atoms with Crippen molar-refractivity contribution >= 4 is 28.2 Å². The zero-order chi connectivity index (χ0) is 20.7. The maximum absolute atomic E-state index is 13.3. The highest BCUT2D eigenvalue weighted by Crippen LogP contribution is 2.45. The maximum atomic E-state index is 13.3. The van der Waals surface area contributed by atoms with Crippen LogP contribution in [0, 0.1) is 12.8 Å². The van der Waals surface area contributed by atoms with E-state index < -0.39 is 5.92 Å². The van der Waals surface area contributed by atoms with Crippen LogP contribution >= 0.6 is 0 Å². The summed E-state index contributed by atoms with van der Waals surface area (Å²) in [4.78, 5) is 13.3. The average Bonchev–Trinajstić information content (AvgIpc) is 3.25. The summed E-state index contributed by atoms with van der Waals surface area (Å²) in [6.45, 7) is 2.03. The highest BCUT2D eigenvalue weighted by Gasteiger charge is 2.42. The zero-order valence-electron chi connectivity index (χ0n) is 16.3. The van der Waals surface area contributed by atoms with Crippen molar-refractivity contribution in [3.05, 3.63) is 95.2 Å². The van der Waals surface area contributed by atoms with E-state index in [1.807, 2.05) is 73.7 Å². The van der Waals surface area contributed by atoms with Crippen molar-refractivity contribution in [2.24, 2.45) is 11.1 Å². The topological polar surface area (TPSA) is 90.4 Å². The summed E-state index contributed by atoms with van der Waals surface area (Å²) < 4.78 is 0. The van der Waals surface area contributed by atoms with E-state index in [-0.39, 0.29) is 11.8 Å². The van der Waals surface area contributed by atoms with Gasteiger partial charge >= 0.3 is 0 Å². The number of anilines is 1. The Hall–Kier alpha value is -3.93. The van der Waals surface area contributed by atoms with Crippen LogP contribution in [0.5, 0.6) is 0 Å². The van der Waals surface area contributed by atoms with Crippen molar-refractivity contribution in [3.8, 4) is 0 Å². The second-order valence-corrected chi connectivity index (χ2v) is 7.57. The number of aryl methyl sites for hydroxylation is 1. The lowest BCUT2D eigenvalue weighted by molar-refractivity contribution is -0.118. The van der Waals surface area contributed by atoms with E-state index in [9.17, 15) is 10.0 Å². The minimum Gasteiger partial charge on any atom is -0.411 e. The molecular formula is C24H20N4O2. The third kappa shape index (κ3) is 2.85. The molecule has 6 heteroatoms. The number of aromatic nitrogens is 2. The van der Waals surface area contributed by atoms with Gasteiger partial charge in [-0.2, -0.15) is 5.10 Å². The van der Waals surface area contributed by atoms with Gasteiger partial charge in [0.2, 0.25) is 5.91 Å². The molecule has 1 aliphatic rings. The van der Waals surface area contributed by atoms with Gasteiger partial charge in [0.1, 0.15) is 5.71 Å². The monoisotopic (exact) mass is 396 g/mol. The van der Waals surface area contributed by atoms with Crippen molar-refractivity contribution in [1.29, 1.82) is 0 Å². The normalized spacial score (nSPS) is 18.8. The molecule has 3 N–H and O–H groups in total. The molecule has 0 saturated carbocycles. The Bertz CT molecular complexity index is 1260. The molecule has 148 valence electrons. The predicted molar refractivity (Wildman–Crippen MR) is 116 cm³/mol. The van der Waals surface area contributed by atoms with E-state index in [1.165, 1.54) is 0 Å². The van der Waals surface area contributed by atoms with Crippen LogP contribution in [0.15, 0.2) is 78.1 Å². The minimum absolute atomic E-state index is 0.205. The molecule has 3 aromatic carbocycles. The molecule has 1 amide bonds. The quantitative estimate of drug-likeness (QED) is 0.271. The van der Waals surface area contributed by atoms with Gasteiger partial charge < -0.3 is 10.5 Å². The fourth-order valence-electron chi connectivity index (χ4n) is 4.32. The van der Waals surface area contributed by atoms with Crippen LogP contribution in [0.3, 0.4) is 0 Å². The molecule has 0 fully saturated rings. The standard InChI is InChI=1S/C24H20N4O2/c1-14-7-9-15(10-8-14)19-20-18(12-11-17-13-25-27-22(17)20)26-24(29)21(19)23(28-30)16-5-3-2-4-6-16/h2-13,19,21,30H,1H3,(H,25,27)(H,26,29)/b28-23-/t19-,21-/m0/s1. The van der Waals surface area contributed by atoms with Gasteiger partial charge in [-0.05, 0) is 24.6 Å². The lowest BCUT2D eigenvalue weighted by Crippen LogP contribution is -2.40. The first-order valence-corrected chi connectivity index (χ1v) is 9.78.